The Labute approximate surface area is 123 Å². The number of carbonyl (C=O) groups excluding carboxylic acids is 1. The standard InChI is InChI=1S/C14H22N2O3S/c1-5-6-11-15-9(4)12(20-11)13(17)16-10(14(18)19)7-8(2)3/h8,10H,5-7H2,1-4H3,(H,16,17)(H,18,19)/t10-/m1/s1. The van der Waals surface area contributed by atoms with E-state index in [4.69, 9.17) is 5.11 Å². The zero-order chi connectivity index (χ0) is 15.3. The summed E-state index contributed by atoms with van der Waals surface area (Å²) in [6.45, 7) is 7.70. The van der Waals surface area contributed by atoms with Gasteiger partial charge in [-0.05, 0) is 32.1 Å². The van der Waals surface area contributed by atoms with Gasteiger partial charge in [0.15, 0.2) is 0 Å². The van der Waals surface area contributed by atoms with Gasteiger partial charge in [0, 0.05) is 0 Å². The lowest BCUT2D eigenvalue weighted by molar-refractivity contribution is -0.139. The van der Waals surface area contributed by atoms with Crippen molar-refractivity contribution in [2.75, 3.05) is 0 Å². The number of carboxylic acid groups (broad SMARTS) is 1. The first-order valence-corrected chi connectivity index (χ1v) is 7.66. The minimum atomic E-state index is -0.997. The molecule has 1 heterocycles. The first kappa shape index (κ1) is 16.6. The van der Waals surface area contributed by atoms with E-state index in [1.54, 1.807) is 6.92 Å². The average Bonchev–Trinajstić information content (AvgIpc) is 2.69. The lowest BCUT2D eigenvalue weighted by atomic mass is 10.0. The molecule has 1 amide bonds. The maximum atomic E-state index is 12.2. The van der Waals surface area contributed by atoms with Crippen LogP contribution in [0.25, 0.3) is 0 Å². The monoisotopic (exact) mass is 298 g/mol. The fourth-order valence-electron chi connectivity index (χ4n) is 1.90. The number of nitrogens with zero attached hydrogens (tertiary/aromatic N) is 1. The molecule has 0 aliphatic heterocycles. The number of hydrogen-bond donors (Lipinski definition) is 2. The highest BCUT2D eigenvalue weighted by Gasteiger charge is 2.24. The van der Waals surface area contributed by atoms with Gasteiger partial charge in [-0.1, -0.05) is 20.8 Å². The molecule has 5 nitrogen and oxygen atoms in total. The van der Waals surface area contributed by atoms with E-state index in [-0.39, 0.29) is 11.8 Å². The lowest BCUT2D eigenvalue weighted by Crippen LogP contribution is -2.41. The predicted molar refractivity (Wildman–Crippen MR) is 79.2 cm³/mol. The normalized spacial score (nSPS) is 12.4. The van der Waals surface area contributed by atoms with E-state index in [1.165, 1.54) is 11.3 Å². The van der Waals surface area contributed by atoms with Crippen molar-refractivity contribution in [1.82, 2.24) is 10.3 Å². The molecule has 1 aromatic heterocycles. The Morgan fingerprint density at radius 2 is 2.05 bits per heavy atom. The summed E-state index contributed by atoms with van der Waals surface area (Å²) < 4.78 is 0. The van der Waals surface area contributed by atoms with Crippen molar-refractivity contribution in [3.8, 4) is 0 Å². The topological polar surface area (TPSA) is 79.3 Å². The van der Waals surface area contributed by atoms with Crippen LogP contribution < -0.4 is 5.32 Å². The second-order valence-corrected chi connectivity index (χ2v) is 6.35. The Balaban J connectivity index is 2.80. The van der Waals surface area contributed by atoms with Crippen LogP contribution in [0.15, 0.2) is 0 Å². The third-order valence-corrected chi connectivity index (χ3v) is 4.04. The summed E-state index contributed by atoms with van der Waals surface area (Å²) in [6, 6.07) is -0.848. The van der Waals surface area contributed by atoms with Gasteiger partial charge in [0.2, 0.25) is 0 Å². The molecule has 6 heteroatoms. The molecule has 1 aromatic rings. The number of aryl methyl sites for hydroxylation is 2. The Hall–Kier alpha value is -1.43. The highest BCUT2D eigenvalue weighted by atomic mass is 32.1. The average molecular weight is 298 g/mol. The van der Waals surface area contributed by atoms with Gasteiger partial charge in [-0.2, -0.15) is 0 Å². The first-order valence-electron chi connectivity index (χ1n) is 6.85. The van der Waals surface area contributed by atoms with Crippen LogP contribution in [0.3, 0.4) is 0 Å². The molecule has 0 radical (unpaired) electrons. The zero-order valence-electron chi connectivity index (χ0n) is 12.4. The molecule has 0 unspecified atom stereocenters. The number of amides is 1. The minimum Gasteiger partial charge on any atom is -0.480 e. The van der Waals surface area contributed by atoms with Gasteiger partial charge < -0.3 is 10.4 Å². The third kappa shape index (κ3) is 4.59. The van der Waals surface area contributed by atoms with Crippen LogP contribution in [0, 0.1) is 12.8 Å². The van der Waals surface area contributed by atoms with E-state index in [1.807, 2.05) is 13.8 Å². The second-order valence-electron chi connectivity index (χ2n) is 5.27. The van der Waals surface area contributed by atoms with E-state index in [0.29, 0.717) is 17.0 Å². The summed E-state index contributed by atoms with van der Waals surface area (Å²) in [5.41, 5.74) is 0.671. The number of carboxylic acids is 1. The molecule has 0 saturated heterocycles. The largest absolute Gasteiger partial charge is 0.480 e. The van der Waals surface area contributed by atoms with Crippen LogP contribution in [-0.2, 0) is 11.2 Å². The van der Waals surface area contributed by atoms with Crippen LogP contribution in [-0.4, -0.2) is 28.0 Å². The quantitative estimate of drug-likeness (QED) is 0.811. The molecule has 0 saturated carbocycles. The molecule has 0 aromatic carbocycles. The molecule has 112 valence electrons. The fourth-order valence-corrected chi connectivity index (χ4v) is 2.97. The zero-order valence-corrected chi connectivity index (χ0v) is 13.2. The van der Waals surface area contributed by atoms with E-state index < -0.39 is 12.0 Å². The molecule has 0 bridgehead atoms. The fraction of sp³-hybridized carbons (Fsp3) is 0.643. The molecule has 0 aliphatic carbocycles. The van der Waals surface area contributed by atoms with E-state index >= 15 is 0 Å². The van der Waals surface area contributed by atoms with Crippen LogP contribution in [0.4, 0.5) is 0 Å². The van der Waals surface area contributed by atoms with Crippen LogP contribution in [0.5, 0.6) is 0 Å². The maximum Gasteiger partial charge on any atom is 0.326 e. The van der Waals surface area contributed by atoms with E-state index in [0.717, 1.165) is 17.8 Å². The summed E-state index contributed by atoms with van der Waals surface area (Å²) in [5, 5.41) is 12.7. The van der Waals surface area contributed by atoms with Crippen molar-refractivity contribution < 1.29 is 14.7 Å². The Kier molecular flexibility index (Phi) is 6.13. The molecule has 2 N–H and O–H groups in total. The van der Waals surface area contributed by atoms with Gasteiger partial charge in [0.1, 0.15) is 10.9 Å². The van der Waals surface area contributed by atoms with Crippen LogP contribution in [0.1, 0.15) is 54.0 Å². The summed E-state index contributed by atoms with van der Waals surface area (Å²) in [7, 11) is 0. The molecule has 20 heavy (non-hydrogen) atoms. The van der Waals surface area contributed by atoms with E-state index in [9.17, 15) is 9.59 Å². The molecule has 1 rings (SSSR count). The van der Waals surface area contributed by atoms with Gasteiger partial charge in [-0.3, -0.25) is 4.79 Å². The first-order chi connectivity index (χ1) is 9.35. The summed E-state index contributed by atoms with van der Waals surface area (Å²) in [5.74, 6) is -1.13. The SMILES string of the molecule is CCCc1nc(C)c(C(=O)N[C@H](CC(C)C)C(=O)O)s1. The van der Waals surface area contributed by atoms with E-state index in [2.05, 4.69) is 17.2 Å². The number of rotatable bonds is 7. The summed E-state index contributed by atoms with van der Waals surface area (Å²) in [4.78, 5) is 28.2. The predicted octanol–water partition coefficient (Wildman–Crippen LogP) is 2.63. The number of thiazole rings is 1. The molecular weight excluding hydrogens is 276 g/mol. The Morgan fingerprint density at radius 1 is 1.40 bits per heavy atom. The van der Waals surface area contributed by atoms with Crippen molar-refractivity contribution in [3.05, 3.63) is 15.6 Å². The van der Waals surface area contributed by atoms with Gasteiger partial charge in [0.25, 0.3) is 5.91 Å². The summed E-state index contributed by atoms with van der Waals surface area (Å²) >= 11 is 1.35. The number of aliphatic carboxylic acids is 1. The van der Waals surface area contributed by atoms with Gasteiger partial charge in [0.05, 0.1) is 10.7 Å². The Bertz CT molecular complexity index is 483. The van der Waals surface area contributed by atoms with Crippen LogP contribution >= 0.6 is 11.3 Å². The molecular formula is C14H22N2O3S. The smallest absolute Gasteiger partial charge is 0.326 e. The van der Waals surface area contributed by atoms with Crippen molar-refractivity contribution in [1.29, 1.82) is 0 Å². The lowest BCUT2D eigenvalue weighted by Gasteiger charge is -2.15. The van der Waals surface area contributed by atoms with Crippen molar-refractivity contribution in [2.24, 2.45) is 5.92 Å². The van der Waals surface area contributed by atoms with Crippen molar-refractivity contribution in [2.45, 2.75) is 53.0 Å². The molecule has 0 spiro atoms. The second kappa shape index (κ2) is 7.38. The molecule has 0 aliphatic rings. The number of hydrogen-bond acceptors (Lipinski definition) is 4. The highest BCUT2D eigenvalue weighted by Crippen LogP contribution is 2.19. The van der Waals surface area contributed by atoms with Gasteiger partial charge in [-0.15, -0.1) is 11.3 Å². The molecule has 0 fully saturated rings. The summed E-state index contributed by atoms with van der Waals surface area (Å²) in [6.07, 6.45) is 2.23. The third-order valence-electron chi connectivity index (χ3n) is 2.82. The minimum absolute atomic E-state index is 0.203. The van der Waals surface area contributed by atoms with Crippen molar-refractivity contribution in [3.63, 3.8) is 0 Å². The molecule has 1 atom stereocenters. The van der Waals surface area contributed by atoms with Gasteiger partial charge in [-0.25, -0.2) is 9.78 Å². The Morgan fingerprint density at radius 3 is 2.55 bits per heavy atom. The number of carbonyl (C=O) groups is 2. The van der Waals surface area contributed by atoms with Crippen LogP contribution in [0.2, 0.25) is 0 Å². The number of aromatic nitrogens is 1. The van der Waals surface area contributed by atoms with Crippen molar-refractivity contribution >= 4 is 23.2 Å². The maximum absolute atomic E-state index is 12.2. The highest BCUT2D eigenvalue weighted by molar-refractivity contribution is 7.13. The van der Waals surface area contributed by atoms with Gasteiger partial charge >= 0.3 is 5.97 Å². The number of nitrogens with one attached hydrogen (secondary N) is 1.